The molecule has 3 saturated heterocycles. The van der Waals surface area contributed by atoms with Gasteiger partial charge in [0.05, 0.1) is 26.4 Å². The molecule has 0 atom stereocenters. The van der Waals surface area contributed by atoms with Gasteiger partial charge in [0.25, 0.3) is 0 Å². The second-order valence-corrected chi connectivity index (χ2v) is 6.32. The molecule has 0 amide bonds. The summed E-state index contributed by atoms with van der Waals surface area (Å²) in [5.41, 5.74) is 0. The molecule has 1 aromatic rings. The zero-order valence-electron chi connectivity index (χ0n) is 14.1. The summed E-state index contributed by atoms with van der Waals surface area (Å²) in [6.45, 7) is 10.5. The predicted molar refractivity (Wildman–Crippen MR) is 93.2 cm³/mol. The molecular weight excluding hydrogens is 308 g/mol. The smallest absolute Gasteiger partial charge is 0.229 e. The van der Waals surface area contributed by atoms with Crippen LogP contribution in [-0.2, 0) is 9.47 Å². The van der Waals surface area contributed by atoms with Crippen LogP contribution in [0.25, 0.3) is 0 Å². The van der Waals surface area contributed by atoms with Crippen LogP contribution >= 0.6 is 0 Å². The van der Waals surface area contributed by atoms with Crippen molar-refractivity contribution < 1.29 is 9.47 Å². The molecule has 3 aliphatic heterocycles. The molecule has 0 unspecified atom stereocenters. The zero-order valence-corrected chi connectivity index (χ0v) is 14.1. The van der Waals surface area contributed by atoms with E-state index in [4.69, 9.17) is 19.4 Å². The van der Waals surface area contributed by atoms with Gasteiger partial charge in [0.1, 0.15) is 11.6 Å². The predicted octanol–water partition coefficient (Wildman–Crippen LogP) is -0.441. The Morgan fingerprint density at radius 3 is 1.79 bits per heavy atom. The summed E-state index contributed by atoms with van der Waals surface area (Å²) in [7, 11) is 0. The number of morpholine rings is 2. The van der Waals surface area contributed by atoms with Gasteiger partial charge in [0.2, 0.25) is 5.95 Å². The Labute approximate surface area is 142 Å². The number of aromatic nitrogens is 2. The van der Waals surface area contributed by atoms with Gasteiger partial charge in [-0.1, -0.05) is 0 Å². The van der Waals surface area contributed by atoms with Crippen LogP contribution in [0, 0.1) is 0 Å². The number of hydrogen-bond donors (Lipinski definition) is 1. The second kappa shape index (κ2) is 7.50. The monoisotopic (exact) mass is 334 g/mol. The fraction of sp³-hybridized carbons (Fsp3) is 0.750. The molecule has 24 heavy (non-hydrogen) atoms. The van der Waals surface area contributed by atoms with Crippen molar-refractivity contribution in [2.24, 2.45) is 0 Å². The summed E-state index contributed by atoms with van der Waals surface area (Å²) in [6.07, 6.45) is 0. The van der Waals surface area contributed by atoms with Crippen LogP contribution < -0.4 is 20.0 Å². The third kappa shape index (κ3) is 3.55. The van der Waals surface area contributed by atoms with E-state index in [2.05, 4.69) is 26.1 Å². The first kappa shape index (κ1) is 15.9. The average molecular weight is 334 g/mol. The highest BCUT2D eigenvalue weighted by atomic mass is 16.5. The van der Waals surface area contributed by atoms with E-state index in [1.807, 2.05) is 0 Å². The number of ether oxygens (including phenoxy) is 2. The first-order chi connectivity index (χ1) is 11.9. The standard InChI is InChI=1S/C16H26N6O2/c1-3-20(4-2-17-1)14-13-15(21-5-9-23-10-6-21)19-16(18-14)22-7-11-24-12-8-22/h13,17H,1-12H2. The van der Waals surface area contributed by atoms with Crippen LogP contribution in [0.3, 0.4) is 0 Å². The molecule has 0 aromatic carbocycles. The maximum Gasteiger partial charge on any atom is 0.229 e. The molecule has 4 rings (SSSR count). The van der Waals surface area contributed by atoms with Gasteiger partial charge in [0.15, 0.2) is 0 Å². The van der Waals surface area contributed by atoms with Crippen LogP contribution in [-0.4, -0.2) is 88.8 Å². The highest BCUT2D eigenvalue weighted by Crippen LogP contribution is 2.24. The van der Waals surface area contributed by atoms with Crippen molar-refractivity contribution in [3.05, 3.63) is 6.07 Å². The number of nitrogens with zero attached hydrogens (tertiary/aromatic N) is 5. The van der Waals surface area contributed by atoms with Gasteiger partial charge in [-0.2, -0.15) is 9.97 Å². The van der Waals surface area contributed by atoms with Crippen LogP contribution in [0.2, 0.25) is 0 Å². The van der Waals surface area contributed by atoms with Gasteiger partial charge < -0.3 is 29.5 Å². The Hall–Kier alpha value is -1.64. The molecule has 4 heterocycles. The van der Waals surface area contributed by atoms with E-state index in [-0.39, 0.29) is 0 Å². The molecule has 0 radical (unpaired) electrons. The highest BCUT2D eigenvalue weighted by Gasteiger charge is 2.22. The van der Waals surface area contributed by atoms with Gasteiger partial charge in [-0.3, -0.25) is 0 Å². The maximum atomic E-state index is 5.48. The fourth-order valence-corrected chi connectivity index (χ4v) is 3.33. The topological polar surface area (TPSA) is 66.0 Å². The Bertz CT molecular complexity index is 451. The van der Waals surface area contributed by atoms with Crippen molar-refractivity contribution in [3.8, 4) is 0 Å². The Morgan fingerprint density at radius 2 is 1.21 bits per heavy atom. The van der Waals surface area contributed by atoms with Crippen molar-refractivity contribution in [2.75, 3.05) is 93.5 Å². The Kier molecular flexibility index (Phi) is 4.96. The van der Waals surface area contributed by atoms with Gasteiger partial charge in [-0.25, -0.2) is 0 Å². The minimum atomic E-state index is 0.744. The lowest BCUT2D eigenvalue weighted by atomic mass is 10.3. The largest absolute Gasteiger partial charge is 0.378 e. The lowest BCUT2D eigenvalue weighted by Crippen LogP contribution is -2.44. The van der Waals surface area contributed by atoms with Gasteiger partial charge in [-0.05, 0) is 0 Å². The van der Waals surface area contributed by atoms with Crippen molar-refractivity contribution in [2.45, 2.75) is 0 Å². The Morgan fingerprint density at radius 1 is 0.708 bits per heavy atom. The van der Waals surface area contributed by atoms with E-state index in [1.165, 1.54) is 0 Å². The number of piperazine rings is 1. The van der Waals surface area contributed by atoms with Crippen molar-refractivity contribution in [3.63, 3.8) is 0 Å². The minimum absolute atomic E-state index is 0.744. The average Bonchev–Trinajstić information content (AvgIpc) is 2.70. The molecule has 1 N–H and O–H groups in total. The first-order valence-electron chi connectivity index (χ1n) is 8.90. The molecule has 0 saturated carbocycles. The van der Waals surface area contributed by atoms with E-state index >= 15 is 0 Å². The highest BCUT2D eigenvalue weighted by molar-refractivity contribution is 5.56. The minimum Gasteiger partial charge on any atom is -0.378 e. The quantitative estimate of drug-likeness (QED) is 0.798. The number of nitrogens with one attached hydrogen (secondary N) is 1. The summed E-state index contributed by atoms with van der Waals surface area (Å²) in [5, 5.41) is 3.40. The van der Waals surface area contributed by atoms with E-state index in [1.54, 1.807) is 0 Å². The number of hydrogen-bond acceptors (Lipinski definition) is 8. The van der Waals surface area contributed by atoms with Crippen molar-refractivity contribution in [1.82, 2.24) is 15.3 Å². The normalized spacial score (nSPS) is 22.8. The molecule has 3 aliphatic rings. The van der Waals surface area contributed by atoms with Gasteiger partial charge >= 0.3 is 0 Å². The molecule has 8 heteroatoms. The van der Waals surface area contributed by atoms with Crippen molar-refractivity contribution >= 4 is 17.6 Å². The third-order valence-electron chi connectivity index (χ3n) is 4.76. The summed E-state index contributed by atoms with van der Waals surface area (Å²) in [6, 6.07) is 2.14. The first-order valence-corrected chi connectivity index (χ1v) is 8.90. The van der Waals surface area contributed by atoms with Crippen LogP contribution in [0.4, 0.5) is 17.6 Å². The lowest BCUT2D eigenvalue weighted by Gasteiger charge is -2.33. The molecule has 0 aliphatic carbocycles. The Balaban J connectivity index is 1.63. The number of rotatable bonds is 3. The summed E-state index contributed by atoms with van der Waals surface area (Å²) >= 11 is 0. The molecule has 1 aromatic heterocycles. The van der Waals surface area contributed by atoms with E-state index < -0.39 is 0 Å². The van der Waals surface area contributed by atoms with Crippen LogP contribution in [0.1, 0.15) is 0 Å². The summed E-state index contributed by atoms with van der Waals surface area (Å²) < 4.78 is 11.0. The maximum absolute atomic E-state index is 5.48. The molecule has 3 fully saturated rings. The molecule has 0 bridgehead atoms. The van der Waals surface area contributed by atoms with Crippen molar-refractivity contribution in [1.29, 1.82) is 0 Å². The zero-order chi connectivity index (χ0) is 16.2. The van der Waals surface area contributed by atoms with E-state index in [0.29, 0.717) is 0 Å². The lowest BCUT2D eigenvalue weighted by molar-refractivity contribution is 0.121. The summed E-state index contributed by atoms with van der Waals surface area (Å²) in [4.78, 5) is 16.6. The SMILES string of the molecule is c1c(N2CCNCC2)nc(N2CCOCC2)nc1N1CCOCC1. The van der Waals surface area contributed by atoms with Gasteiger partial charge in [-0.15, -0.1) is 0 Å². The second-order valence-electron chi connectivity index (χ2n) is 6.32. The molecule has 8 nitrogen and oxygen atoms in total. The molecule has 132 valence electrons. The summed E-state index contributed by atoms with van der Waals surface area (Å²) in [5.74, 6) is 2.88. The van der Waals surface area contributed by atoms with Gasteiger partial charge in [0, 0.05) is 58.4 Å². The fourth-order valence-electron chi connectivity index (χ4n) is 3.33. The molecular formula is C16H26N6O2. The molecule has 0 spiro atoms. The number of anilines is 3. The van der Waals surface area contributed by atoms with E-state index in [0.717, 1.165) is 96.4 Å². The third-order valence-corrected chi connectivity index (χ3v) is 4.76. The van der Waals surface area contributed by atoms with Crippen LogP contribution in [0.15, 0.2) is 6.07 Å². The van der Waals surface area contributed by atoms with E-state index in [9.17, 15) is 0 Å². The van der Waals surface area contributed by atoms with Crippen LogP contribution in [0.5, 0.6) is 0 Å².